The molecule has 2 N–H and O–H groups in total. The number of benzene rings is 1. The third kappa shape index (κ3) is 6.00. The summed E-state index contributed by atoms with van der Waals surface area (Å²) in [6, 6.07) is 7.09. The Morgan fingerprint density at radius 3 is 2.47 bits per heavy atom. The molecule has 32 heavy (non-hydrogen) atoms. The Morgan fingerprint density at radius 1 is 1.00 bits per heavy atom. The number of likely N-dealkylation sites (tertiary alicyclic amines) is 1. The van der Waals surface area contributed by atoms with Crippen LogP contribution in [-0.2, 0) is 0 Å². The van der Waals surface area contributed by atoms with Gasteiger partial charge in [-0.05, 0) is 70.0 Å². The predicted molar refractivity (Wildman–Crippen MR) is 127 cm³/mol. The molecule has 1 aromatic carbocycles. The highest BCUT2D eigenvalue weighted by atomic mass is 16.5. The quantitative estimate of drug-likeness (QED) is 0.579. The molecule has 0 amide bonds. The van der Waals surface area contributed by atoms with Crippen LogP contribution in [0.15, 0.2) is 18.2 Å². The van der Waals surface area contributed by atoms with Gasteiger partial charge in [-0.25, -0.2) is 0 Å². The van der Waals surface area contributed by atoms with E-state index in [1.807, 2.05) is 25.1 Å². The van der Waals surface area contributed by atoms with Gasteiger partial charge in [0.25, 0.3) is 0 Å². The molecule has 1 saturated heterocycles. The summed E-state index contributed by atoms with van der Waals surface area (Å²) in [7, 11) is 3.82. The summed E-state index contributed by atoms with van der Waals surface area (Å²) in [5.41, 5.74) is 1.94. The Balaban J connectivity index is 1.52. The Labute approximate surface area is 191 Å². The summed E-state index contributed by atoms with van der Waals surface area (Å²) in [5.74, 6) is 1.91. The number of ether oxygens (including phenoxy) is 2. The van der Waals surface area contributed by atoms with Gasteiger partial charge in [0.15, 0.2) is 0 Å². The second-order valence-corrected chi connectivity index (χ2v) is 9.00. The normalized spacial score (nSPS) is 20.0. The minimum Gasteiger partial charge on any atom is -0.496 e. The summed E-state index contributed by atoms with van der Waals surface area (Å²) in [5, 5.41) is 6.86. The summed E-state index contributed by atoms with van der Waals surface area (Å²) >= 11 is 0. The number of methoxy groups -OCH3 is 1. The standard InChI is InChI=1S/C24H36N6O2/c1-17-15-19(12-13-21(17)31-3)26-23-27-22(25-18-9-6-4-5-7-10-18)28-24(29-23)32-16-20-11-8-14-30(20)2/h12-13,15,18,20H,4-11,14,16H2,1-3H3,(H2,25,26,27,28,29). The van der Waals surface area contributed by atoms with Crippen LogP contribution in [0.5, 0.6) is 11.8 Å². The molecule has 174 valence electrons. The molecule has 2 fully saturated rings. The molecule has 1 aliphatic heterocycles. The Hall–Kier alpha value is -2.61. The van der Waals surface area contributed by atoms with Gasteiger partial charge < -0.3 is 25.0 Å². The third-order valence-corrected chi connectivity index (χ3v) is 6.53. The summed E-state index contributed by atoms with van der Waals surface area (Å²) in [6.45, 7) is 3.72. The van der Waals surface area contributed by atoms with Crippen molar-refractivity contribution in [2.24, 2.45) is 0 Å². The van der Waals surface area contributed by atoms with Crippen LogP contribution in [0, 0.1) is 6.92 Å². The molecule has 1 aromatic heterocycles. The number of rotatable bonds is 8. The van der Waals surface area contributed by atoms with Crippen LogP contribution in [0.4, 0.5) is 17.6 Å². The molecular weight excluding hydrogens is 404 g/mol. The van der Waals surface area contributed by atoms with E-state index in [0.29, 0.717) is 36.6 Å². The number of hydrogen-bond donors (Lipinski definition) is 2. The molecule has 1 saturated carbocycles. The van der Waals surface area contributed by atoms with Gasteiger partial charge in [0.1, 0.15) is 12.4 Å². The Bertz CT molecular complexity index is 885. The SMILES string of the molecule is COc1ccc(Nc2nc(NC3CCCCCC3)nc(OCC3CCCN3C)n2)cc1C. The van der Waals surface area contributed by atoms with E-state index in [1.54, 1.807) is 7.11 Å². The second-order valence-electron chi connectivity index (χ2n) is 9.00. The van der Waals surface area contributed by atoms with E-state index in [9.17, 15) is 0 Å². The van der Waals surface area contributed by atoms with Crippen LogP contribution in [0.2, 0.25) is 0 Å². The topological polar surface area (TPSA) is 84.4 Å². The highest BCUT2D eigenvalue weighted by molar-refractivity contribution is 5.58. The van der Waals surface area contributed by atoms with Gasteiger partial charge >= 0.3 is 6.01 Å². The first kappa shape index (κ1) is 22.6. The van der Waals surface area contributed by atoms with Crippen molar-refractivity contribution in [1.82, 2.24) is 19.9 Å². The van der Waals surface area contributed by atoms with Gasteiger partial charge in [-0.15, -0.1) is 0 Å². The van der Waals surface area contributed by atoms with Crippen molar-refractivity contribution >= 4 is 17.6 Å². The molecule has 0 spiro atoms. The fourth-order valence-corrected chi connectivity index (χ4v) is 4.59. The maximum absolute atomic E-state index is 6.05. The monoisotopic (exact) mass is 440 g/mol. The van der Waals surface area contributed by atoms with Gasteiger partial charge in [-0.1, -0.05) is 25.7 Å². The van der Waals surface area contributed by atoms with E-state index in [0.717, 1.165) is 42.8 Å². The van der Waals surface area contributed by atoms with E-state index < -0.39 is 0 Å². The van der Waals surface area contributed by atoms with Gasteiger partial charge in [0, 0.05) is 17.8 Å². The first-order valence-corrected chi connectivity index (χ1v) is 11.9. The van der Waals surface area contributed by atoms with Crippen LogP contribution < -0.4 is 20.1 Å². The van der Waals surface area contributed by atoms with Crippen LogP contribution in [0.1, 0.15) is 56.9 Å². The predicted octanol–water partition coefficient (Wildman–Crippen LogP) is 4.54. The Morgan fingerprint density at radius 2 is 1.78 bits per heavy atom. The van der Waals surface area contributed by atoms with Gasteiger partial charge in [-0.3, -0.25) is 0 Å². The fourth-order valence-electron chi connectivity index (χ4n) is 4.59. The molecule has 1 aliphatic carbocycles. The van der Waals surface area contributed by atoms with Crippen LogP contribution in [-0.4, -0.2) is 59.2 Å². The number of nitrogens with zero attached hydrogens (tertiary/aromatic N) is 4. The first-order valence-electron chi connectivity index (χ1n) is 11.9. The Kier molecular flexibility index (Phi) is 7.63. The third-order valence-electron chi connectivity index (χ3n) is 6.53. The van der Waals surface area contributed by atoms with Crippen LogP contribution >= 0.6 is 0 Å². The van der Waals surface area contributed by atoms with Crippen LogP contribution in [0.25, 0.3) is 0 Å². The molecule has 8 heteroatoms. The maximum atomic E-state index is 6.05. The lowest BCUT2D eigenvalue weighted by Crippen LogP contribution is -2.31. The molecule has 1 atom stereocenters. The summed E-state index contributed by atoms with van der Waals surface area (Å²) in [6.07, 6.45) is 9.76. The van der Waals surface area contributed by atoms with Crippen molar-refractivity contribution < 1.29 is 9.47 Å². The van der Waals surface area contributed by atoms with Crippen molar-refractivity contribution in [3.05, 3.63) is 23.8 Å². The first-order chi connectivity index (χ1) is 15.6. The fraction of sp³-hybridized carbons (Fsp3) is 0.625. The van der Waals surface area contributed by atoms with Gasteiger partial charge in [0.05, 0.1) is 7.11 Å². The lowest BCUT2D eigenvalue weighted by molar-refractivity contribution is 0.188. The smallest absolute Gasteiger partial charge is 0.323 e. The molecule has 2 heterocycles. The number of aromatic nitrogens is 3. The molecule has 2 aromatic rings. The van der Waals surface area contributed by atoms with Crippen molar-refractivity contribution in [2.45, 2.75) is 70.4 Å². The molecular formula is C24H36N6O2. The highest BCUT2D eigenvalue weighted by Gasteiger charge is 2.22. The largest absolute Gasteiger partial charge is 0.496 e. The molecule has 8 nitrogen and oxygen atoms in total. The minimum atomic E-state index is 0.365. The van der Waals surface area contributed by atoms with E-state index >= 15 is 0 Å². The van der Waals surface area contributed by atoms with E-state index in [4.69, 9.17) is 9.47 Å². The average Bonchev–Trinajstić information content (AvgIpc) is 3.01. The number of likely N-dealkylation sites (N-methyl/N-ethyl adjacent to an activating group) is 1. The molecule has 2 aliphatic rings. The summed E-state index contributed by atoms with van der Waals surface area (Å²) in [4.78, 5) is 16.1. The van der Waals surface area contributed by atoms with Gasteiger partial charge in [-0.2, -0.15) is 15.0 Å². The van der Waals surface area contributed by atoms with Crippen molar-refractivity contribution in [3.63, 3.8) is 0 Å². The zero-order valence-electron chi connectivity index (χ0n) is 19.6. The number of anilines is 3. The maximum Gasteiger partial charge on any atom is 0.323 e. The van der Waals surface area contributed by atoms with E-state index in [1.165, 1.54) is 32.1 Å². The van der Waals surface area contributed by atoms with Crippen molar-refractivity contribution in [1.29, 1.82) is 0 Å². The number of nitrogens with one attached hydrogen (secondary N) is 2. The van der Waals surface area contributed by atoms with E-state index in [2.05, 4.69) is 37.5 Å². The molecule has 0 bridgehead atoms. The van der Waals surface area contributed by atoms with Crippen molar-refractivity contribution in [2.75, 3.05) is 37.9 Å². The minimum absolute atomic E-state index is 0.365. The highest BCUT2D eigenvalue weighted by Crippen LogP contribution is 2.25. The second kappa shape index (κ2) is 10.8. The average molecular weight is 441 g/mol. The lowest BCUT2D eigenvalue weighted by Gasteiger charge is -2.20. The number of hydrogen-bond acceptors (Lipinski definition) is 8. The zero-order chi connectivity index (χ0) is 22.3. The number of aryl methyl sites for hydroxylation is 1. The van der Waals surface area contributed by atoms with Crippen LogP contribution in [0.3, 0.4) is 0 Å². The molecule has 4 rings (SSSR count). The van der Waals surface area contributed by atoms with Crippen molar-refractivity contribution in [3.8, 4) is 11.8 Å². The lowest BCUT2D eigenvalue weighted by atomic mass is 10.1. The summed E-state index contributed by atoms with van der Waals surface area (Å²) < 4.78 is 11.4. The molecule has 0 radical (unpaired) electrons. The van der Waals surface area contributed by atoms with E-state index in [-0.39, 0.29) is 0 Å². The molecule has 1 unspecified atom stereocenters. The zero-order valence-corrected chi connectivity index (χ0v) is 19.6. The van der Waals surface area contributed by atoms with Gasteiger partial charge in [0.2, 0.25) is 11.9 Å².